The summed E-state index contributed by atoms with van der Waals surface area (Å²) in [6, 6.07) is 3.97. The van der Waals surface area contributed by atoms with E-state index in [0.717, 1.165) is 30.3 Å². The first-order chi connectivity index (χ1) is 10.1. The Balaban J connectivity index is 2.68. The van der Waals surface area contributed by atoms with E-state index in [4.69, 9.17) is 10.6 Å². The first-order valence-corrected chi connectivity index (χ1v) is 7.43. The lowest BCUT2D eigenvalue weighted by Crippen LogP contribution is -2.29. The standard InChI is InChI=1S/C15H26N4O2/c1-4-6-12(9-10-18-15(20)21-5-2)13-7-8-14(17-3)19(16)11-13/h7-8,11-12H,4-6,9-10,16H2,1-3H3,(H,18,20). The molecule has 0 radical (unpaired) electrons. The quantitative estimate of drug-likeness (QED) is 0.752. The lowest BCUT2D eigenvalue weighted by atomic mass is 9.92. The Hall–Kier alpha value is -1.98. The molecule has 1 atom stereocenters. The van der Waals surface area contributed by atoms with Crippen LogP contribution in [0.4, 0.5) is 4.79 Å². The van der Waals surface area contributed by atoms with Crippen LogP contribution >= 0.6 is 0 Å². The molecule has 1 rings (SSSR count). The SMILES string of the molecule is CCCC(CCNC(=O)OCC)c1ccc(=NC)n(N)c1. The van der Waals surface area contributed by atoms with E-state index in [0.29, 0.717) is 19.1 Å². The van der Waals surface area contributed by atoms with Crippen LogP contribution in [0.5, 0.6) is 0 Å². The normalized spacial score (nSPS) is 13.0. The monoisotopic (exact) mass is 294 g/mol. The Morgan fingerprint density at radius 3 is 2.76 bits per heavy atom. The van der Waals surface area contributed by atoms with Crippen molar-refractivity contribution in [2.75, 3.05) is 26.0 Å². The number of nitrogens with two attached hydrogens (primary N) is 1. The highest BCUT2D eigenvalue weighted by Gasteiger charge is 2.12. The van der Waals surface area contributed by atoms with Crippen molar-refractivity contribution in [3.05, 3.63) is 29.4 Å². The minimum Gasteiger partial charge on any atom is -0.450 e. The zero-order valence-electron chi connectivity index (χ0n) is 13.1. The van der Waals surface area contributed by atoms with Crippen LogP contribution < -0.4 is 16.6 Å². The summed E-state index contributed by atoms with van der Waals surface area (Å²) in [6.07, 6.45) is 4.53. The molecule has 0 spiro atoms. The maximum atomic E-state index is 11.3. The van der Waals surface area contributed by atoms with Crippen LogP contribution in [-0.4, -0.2) is 31.0 Å². The van der Waals surface area contributed by atoms with Crippen molar-refractivity contribution in [1.82, 2.24) is 9.99 Å². The second-order valence-corrected chi connectivity index (χ2v) is 4.87. The van der Waals surface area contributed by atoms with E-state index in [2.05, 4.69) is 23.3 Å². The van der Waals surface area contributed by atoms with Crippen LogP contribution in [0.3, 0.4) is 0 Å². The maximum absolute atomic E-state index is 11.3. The number of amides is 1. The summed E-state index contributed by atoms with van der Waals surface area (Å²) in [5, 5.41) is 2.76. The molecular formula is C15H26N4O2. The van der Waals surface area contributed by atoms with Gasteiger partial charge < -0.3 is 15.9 Å². The second kappa shape index (κ2) is 9.05. The molecule has 118 valence electrons. The third kappa shape index (κ3) is 5.49. The molecule has 0 fully saturated rings. The van der Waals surface area contributed by atoms with Gasteiger partial charge in [0, 0.05) is 19.8 Å². The van der Waals surface area contributed by atoms with Crippen molar-refractivity contribution in [1.29, 1.82) is 0 Å². The minimum atomic E-state index is -0.359. The predicted molar refractivity (Wildman–Crippen MR) is 83.4 cm³/mol. The van der Waals surface area contributed by atoms with Gasteiger partial charge in [0.15, 0.2) is 0 Å². The van der Waals surface area contributed by atoms with Crippen LogP contribution in [0.15, 0.2) is 23.3 Å². The Morgan fingerprint density at radius 1 is 1.43 bits per heavy atom. The smallest absolute Gasteiger partial charge is 0.407 e. The van der Waals surface area contributed by atoms with Crippen LogP contribution in [0, 0.1) is 0 Å². The summed E-state index contributed by atoms with van der Waals surface area (Å²) in [6.45, 7) is 4.92. The summed E-state index contributed by atoms with van der Waals surface area (Å²) < 4.78 is 6.39. The Bertz CT molecular complexity index is 511. The number of nitrogens with zero attached hydrogens (tertiary/aromatic N) is 2. The van der Waals surface area contributed by atoms with E-state index in [1.165, 1.54) is 4.68 Å². The average Bonchev–Trinajstić information content (AvgIpc) is 2.46. The fourth-order valence-corrected chi connectivity index (χ4v) is 2.31. The molecule has 1 heterocycles. The van der Waals surface area contributed by atoms with Crippen molar-refractivity contribution in [3.8, 4) is 0 Å². The summed E-state index contributed by atoms with van der Waals surface area (Å²) in [5.74, 6) is 6.27. The van der Waals surface area contributed by atoms with Gasteiger partial charge in [0.05, 0.1) is 6.61 Å². The molecule has 0 aliphatic carbocycles. The van der Waals surface area contributed by atoms with Gasteiger partial charge in [-0.15, -0.1) is 0 Å². The molecule has 0 bridgehead atoms. The molecule has 3 N–H and O–H groups in total. The Labute approximate surface area is 126 Å². The molecule has 0 aliphatic rings. The van der Waals surface area contributed by atoms with E-state index in [1.807, 2.05) is 12.3 Å². The number of carbonyl (C=O) groups is 1. The number of ether oxygens (including phenoxy) is 1. The van der Waals surface area contributed by atoms with Gasteiger partial charge in [-0.3, -0.25) is 9.67 Å². The minimum absolute atomic E-state index is 0.359. The second-order valence-electron chi connectivity index (χ2n) is 4.87. The first kappa shape index (κ1) is 17.1. The third-order valence-electron chi connectivity index (χ3n) is 3.35. The van der Waals surface area contributed by atoms with Gasteiger partial charge in [-0.05, 0) is 37.3 Å². The van der Waals surface area contributed by atoms with Gasteiger partial charge >= 0.3 is 6.09 Å². The van der Waals surface area contributed by atoms with Crippen LogP contribution in [0.25, 0.3) is 0 Å². The van der Waals surface area contributed by atoms with Gasteiger partial charge in [-0.1, -0.05) is 19.4 Å². The van der Waals surface area contributed by atoms with E-state index < -0.39 is 0 Å². The average molecular weight is 294 g/mol. The molecule has 21 heavy (non-hydrogen) atoms. The lowest BCUT2D eigenvalue weighted by Gasteiger charge is -2.17. The molecule has 0 aromatic carbocycles. The summed E-state index contributed by atoms with van der Waals surface area (Å²) in [5.41, 5.74) is 1.90. The van der Waals surface area contributed by atoms with Crippen molar-refractivity contribution in [2.24, 2.45) is 4.99 Å². The highest BCUT2D eigenvalue weighted by molar-refractivity contribution is 5.66. The summed E-state index contributed by atoms with van der Waals surface area (Å²) in [7, 11) is 1.71. The zero-order chi connectivity index (χ0) is 15.7. The van der Waals surface area contributed by atoms with E-state index >= 15 is 0 Å². The third-order valence-corrected chi connectivity index (χ3v) is 3.35. The fraction of sp³-hybridized carbons (Fsp3) is 0.600. The summed E-state index contributed by atoms with van der Waals surface area (Å²) >= 11 is 0. The molecule has 6 heteroatoms. The Kier molecular flexibility index (Phi) is 7.36. The lowest BCUT2D eigenvalue weighted by molar-refractivity contribution is 0.152. The molecular weight excluding hydrogens is 268 g/mol. The van der Waals surface area contributed by atoms with Gasteiger partial charge in [-0.2, -0.15) is 0 Å². The van der Waals surface area contributed by atoms with Gasteiger partial charge in [0.1, 0.15) is 5.49 Å². The molecule has 1 amide bonds. The van der Waals surface area contributed by atoms with Crippen molar-refractivity contribution in [2.45, 2.75) is 39.0 Å². The molecule has 6 nitrogen and oxygen atoms in total. The van der Waals surface area contributed by atoms with Gasteiger partial charge in [0.25, 0.3) is 0 Å². The highest BCUT2D eigenvalue weighted by Crippen LogP contribution is 2.23. The zero-order valence-corrected chi connectivity index (χ0v) is 13.1. The van der Waals surface area contributed by atoms with Crippen molar-refractivity contribution < 1.29 is 9.53 Å². The number of nitrogens with one attached hydrogen (secondary N) is 1. The van der Waals surface area contributed by atoms with E-state index in [1.54, 1.807) is 14.0 Å². The van der Waals surface area contributed by atoms with Crippen molar-refractivity contribution >= 4 is 6.09 Å². The van der Waals surface area contributed by atoms with Gasteiger partial charge in [-0.25, -0.2) is 4.79 Å². The summed E-state index contributed by atoms with van der Waals surface area (Å²) in [4.78, 5) is 15.4. The van der Waals surface area contributed by atoms with E-state index in [9.17, 15) is 4.79 Å². The number of nitrogen functional groups attached to an aromatic ring is 1. The molecule has 1 aromatic heterocycles. The Morgan fingerprint density at radius 2 is 2.19 bits per heavy atom. The van der Waals surface area contributed by atoms with Crippen LogP contribution in [0.2, 0.25) is 0 Å². The number of aromatic nitrogens is 1. The molecule has 0 aliphatic heterocycles. The molecule has 0 saturated carbocycles. The number of pyridine rings is 1. The highest BCUT2D eigenvalue weighted by atomic mass is 16.5. The number of carbonyl (C=O) groups excluding carboxylic acids is 1. The predicted octanol–water partition coefficient (Wildman–Crippen LogP) is 1.75. The molecule has 1 aromatic rings. The van der Waals surface area contributed by atoms with Crippen LogP contribution in [0.1, 0.15) is 44.6 Å². The number of hydrogen-bond donors (Lipinski definition) is 2. The number of rotatable bonds is 7. The largest absolute Gasteiger partial charge is 0.450 e. The first-order valence-electron chi connectivity index (χ1n) is 7.43. The molecule has 0 saturated heterocycles. The van der Waals surface area contributed by atoms with Gasteiger partial charge in [0.2, 0.25) is 0 Å². The number of hydrogen-bond acceptors (Lipinski definition) is 4. The topological polar surface area (TPSA) is 81.6 Å². The maximum Gasteiger partial charge on any atom is 0.407 e. The van der Waals surface area contributed by atoms with Crippen LogP contribution in [-0.2, 0) is 4.74 Å². The fourth-order valence-electron chi connectivity index (χ4n) is 2.31. The molecule has 1 unspecified atom stereocenters. The number of alkyl carbamates (subject to hydrolysis) is 1. The van der Waals surface area contributed by atoms with E-state index in [-0.39, 0.29) is 6.09 Å². The van der Waals surface area contributed by atoms with Crippen molar-refractivity contribution in [3.63, 3.8) is 0 Å².